The number of rotatable bonds is 4. The van der Waals surface area contributed by atoms with Crippen LogP contribution >= 0.6 is 0 Å². The third-order valence-corrected chi connectivity index (χ3v) is 4.69. The van der Waals surface area contributed by atoms with E-state index in [1.54, 1.807) is 19.1 Å². The van der Waals surface area contributed by atoms with Crippen molar-refractivity contribution in [2.24, 2.45) is 0 Å². The number of carbonyl (C=O) groups excluding carboxylic acids is 1. The molecule has 0 aromatic heterocycles. The van der Waals surface area contributed by atoms with Gasteiger partial charge in [-0.1, -0.05) is 30.3 Å². The summed E-state index contributed by atoms with van der Waals surface area (Å²) in [7, 11) is 3.25. The average molecular weight is 360 g/mol. The molecule has 5 nitrogen and oxygen atoms in total. The molecule has 1 heterocycles. The summed E-state index contributed by atoms with van der Waals surface area (Å²) < 4.78 is 10.6. The largest absolute Gasteiger partial charge is 0.497 e. The van der Waals surface area contributed by atoms with Crippen molar-refractivity contribution >= 4 is 17.3 Å². The van der Waals surface area contributed by atoms with Gasteiger partial charge in [-0.25, -0.2) is 0 Å². The first-order valence-corrected chi connectivity index (χ1v) is 8.68. The molecule has 1 unspecified atom stereocenters. The van der Waals surface area contributed by atoms with E-state index in [-0.39, 0.29) is 12.1 Å². The predicted molar refractivity (Wildman–Crippen MR) is 106 cm³/mol. The molecule has 5 heteroatoms. The zero-order valence-electron chi connectivity index (χ0n) is 15.2. The number of benzene rings is 3. The van der Waals surface area contributed by atoms with Crippen molar-refractivity contribution in [1.82, 2.24) is 0 Å². The Morgan fingerprint density at radius 1 is 0.852 bits per heavy atom. The molecule has 1 aliphatic heterocycles. The lowest BCUT2D eigenvalue weighted by Gasteiger charge is -2.38. The van der Waals surface area contributed by atoms with E-state index in [1.807, 2.05) is 72.8 Å². The van der Waals surface area contributed by atoms with Crippen molar-refractivity contribution in [2.45, 2.75) is 6.17 Å². The second kappa shape index (κ2) is 7.03. The molecular weight excluding hydrogens is 340 g/mol. The zero-order valence-corrected chi connectivity index (χ0v) is 15.2. The van der Waals surface area contributed by atoms with Crippen LogP contribution in [0.15, 0.2) is 72.8 Å². The maximum Gasteiger partial charge on any atom is 0.262 e. The number of methoxy groups -OCH3 is 2. The third-order valence-electron chi connectivity index (χ3n) is 4.69. The van der Waals surface area contributed by atoms with Crippen molar-refractivity contribution in [3.8, 4) is 11.5 Å². The number of hydrogen-bond acceptors (Lipinski definition) is 4. The number of hydrogen-bond donors (Lipinski definition) is 1. The van der Waals surface area contributed by atoms with Gasteiger partial charge in [0.1, 0.15) is 17.7 Å². The van der Waals surface area contributed by atoms with Gasteiger partial charge in [0.25, 0.3) is 5.91 Å². The Hall–Kier alpha value is -3.47. The van der Waals surface area contributed by atoms with Crippen LogP contribution in [0.4, 0.5) is 11.4 Å². The van der Waals surface area contributed by atoms with Gasteiger partial charge >= 0.3 is 0 Å². The molecule has 4 rings (SSSR count). The highest BCUT2D eigenvalue weighted by Crippen LogP contribution is 2.37. The van der Waals surface area contributed by atoms with Gasteiger partial charge in [0.05, 0.1) is 25.5 Å². The van der Waals surface area contributed by atoms with Gasteiger partial charge in [-0.05, 0) is 42.0 Å². The second-order valence-corrected chi connectivity index (χ2v) is 6.24. The van der Waals surface area contributed by atoms with E-state index in [2.05, 4.69) is 5.32 Å². The quantitative estimate of drug-likeness (QED) is 0.746. The number of fused-ring (bicyclic) bond motifs is 1. The number of anilines is 2. The van der Waals surface area contributed by atoms with Crippen LogP contribution in [0.5, 0.6) is 11.5 Å². The summed E-state index contributed by atoms with van der Waals surface area (Å²) in [5, 5.41) is 3.49. The maximum absolute atomic E-state index is 13.3. The molecule has 1 amide bonds. The fraction of sp³-hybridized carbons (Fsp3) is 0.136. The van der Waals surface area contributed by atoms with Crippen LogP contribution in [0.3, 0.4) is 0 Å². The van der Waals surface area contributed by atoms with E-state index in [0.717, 1.165) is 22.7 Å². The fourth-order valence-corrected chi connectivity index (χ4v) is 3.30. The Morgan fingerprint density at radius 3 is 2.33 bits per heavy atom. The third kappa shape index (κ3) is 3.08. The number of nitrogens with one attached hydrogen (secondary N) is 1. The molecule has 3 aromatic carbocycles. The molecule has 0 bridgehead atoms. The van der Waals surface area contributed by atoms with E-state index < -0.39 is 0 Å². The molecular formula is C22H20N2O3. The van der Waals surface area contributed by atoms with Gasteiger partial charge in [0, 0.05) is 11.8 Å². The number of ether oxygens (including phenoxy) is 2. The van der Waals surface area contributed by atoms with E-state index in [4.69, 9.17) is 9.47 Å². The number of carbonyl (C=O) groups is 1. The molecule has 3 aromatic rings. The van der Waals surface area contributed by atoms with Gasteiger partial charge < -0.3 is 14.8 Å². The fourth-order valence-electron chi connectivity index (χ4n) is 3.30. The first-order chi connectivity index (χ1) is 13.2. The topological polar surface area (TPSA) is 50.8 Å². The number of amides is 1. The summed E-state index contributed by atoms with van der Waals surface area (Å²) in [5.41, 5.74) is 3.19. The van der Waals surface area contributed by atoms with Gasteiger partial charge in [0.2, 0.25) is 0 Å². The molecule has 27 heavy (non-hydrogen) atoms. The lowest BCUT2D eigenvalue weighted by molar-refractivity contribution is 0.0975. The van der Waals surface area contributed by atoms with Crippen molar-refractivity contribution in [3.05, 3.63) is 83.9 Å². The minimum atomic E-state index is -0.342. The first kappa shape index (κ1) is 17.0. The van der Waals surface area contributed by atoms with Crippen molar-refractivity contribution in [1.29, 1.82) is 0 Å². The Bertz CT molecular complexity index is 969. The molecule has 0 fully saturated rings. The van der Waals surface area contributed by atoms with Crippen LogP contribution in [-0.4, -0.2) is 20.1 Å². The Morgan fingerprint density at radius 2 is 1.59 bits per heavy atom. The second-order valence-electron chi connectivity index (χ2n) is 6.24. The predicted octanol–water partition coefficient (Wildman–Crippen LogP) is 4.47. The van der Waals surface area contributed by atoms with Crippen molar-refractivity contribution in [2.75, 3.05) is 24.4 Å². The van der Waals surface area contributed by atoms with Gasteiger partial charge in [0.15, 0.2) is 0 Å². The minimum Gasteiger partial charge on any atom is -0.497 e. The summed E-state index contributed by atoms with van der Waals surface area (Å²) >= 11 is 0. The van der Waals surface area contributed by atoms with E-state index in [9.17, 15) is 4.79 Å². The van der Waals surface area contributed by atoms with Crippen LogP contribution < -0.4 is 19.7 Å². The lowest BCUT2D eigenvalue weighted by atomic mass is 10.0. The minimum absolute atomic E-state index is 0.0570. The van der Waals surface area contributed by atoms with Crippen LogP contribution in [0.1, 0.15) is 22.1 Å². The van der Waals surface area contributed by atoms with Gasteiger partial charge in [-0.2, -0.15) is 0 Å². The molecule has 1 atom stereocenters. The molecule has 0 aliphatic carbocycles. The maximum atomic E-state index is 13.3. The Labute approximate surface area is 158 Å². The van der Waals surface area contributed by atoms with Gasteiger partial charge in [-0.15, -0.1) is 0 Å². The van der Waals surface area contributed by atoms with E-state index in [1.165, 1.54) is 0 Å². The van der Waals surface area contributed by atoms with Crippen LogP contribution in [0, 0.1) is 0 Å². The molecule has 1 N–H and O–H groups in total. The van der Waals surface area contributed by atoms with Crippen molar-refractivity contribution < 1.29 is 14.3 Å². The Balaban J connectivity index is 1.83. The molecule has 0 saturated heterocycles. The monoisotopic (exact) mass is 360 g/mol. The SMILES string of the molecule is COc1ccc(C2Nc3ccccc3C(=O)N2c2cccc(OC)c2)cc1. The van der Waals surface area contributed by atoms with E-state index in [0.29, 0.717) is 11.3 Å². The first-order valence-electron chi connectivity index (χ1n) is 8.68. The highest BCUT2D eigenvalue weighted by atomic mass is 16.5. The summed E-state index contributed by atoms with van der Waals surface area (Å²) in [4.78, 5) is 15.1. The highest BCUT2D eigenvalue weighted by molar-refractivity contribution is 6.12. The van der Waals surface area contributed by atoms with Gasteiger partial charge in [-0.3, -0.25) is 9.69 Å². The summed E-state index contributed by atoms with van der Waals surface area (Å²) in [6.45, 7) is 0. The number of para-hydroxylation sites is 1. The normalized spacial score (nSPS) is 15.7. The summed E-state index contributed by atoms with van der Waals surface area (Å²) in [6, 6.07) is 22.8. The molecule has 0 radical (unpaired) electrons. The molecule has 0 saturated carbocycles. The Kier molecular flexibility index (Phi) is 4.42. The van der Waals surface area contributed by atoms with Crippen molar-refractivity contribution in [3.63, 3.8) is 0 Å². The molecule has 1 aliphatic rings. The molecule has 0 spiro atoms. The standard InChI is InChI=1S/C22H20N2O3/c1-26-17-12-10-15(11-13-17)21-23-20-9-4-3-8-19(20)22(25)24(21)16-6-5-7-18(14-16)27-2/h3-14,21,23H,1-2H3. The average Bonchev–Trinajstić information content (AvgIpc) is 2.74. The highest BCUT2D eigenvalue weighted by Gasteiger charge is 2.34. The lowest BCUT2D eigenvalue weighted by Crippen LogP contribution is -2.43. The molecule has 136 valence electrons. The smallest absolute Gasteiger partial charge is 0.262 e. The summed E-state index contributed by atoms with van der Waals surface area (Å²) in [5.74, 6) is 1.42. The van der Waals surface area contributed by atoms with Crippen LogP contribution in [0.2, 0.25) is 0 Å². The van der Waals surface area contributed by atoms with Crippen LogP contribution in [0.25, 0.3) is 0 Å². The van der Waals surface area contributed by atoms with E-state index >= 15 is 0 Å². The van der Waals surface area contributed by atoms with Crippen LogP contribution in [-0.2, 0) is 0 Å². The number of nitrogens with zero attached hydrogens (tertiary/aromatic N) is 1. The zero-order chi connectivity index (χ0) is 18.8. The summed E-state index contributed by atoms with van der Waals surface area (Å²) in [6.07, 6.45) is -0.342.